The van der Waals surface area contributed by atoms with Gasteiger partial charge in [0.1, 0.15) is 5.78 Å². The lowest BCUT2D eigenvalue weighted by Crippen LogP contribution is -2.12. The Balaban J connectivity index is 2.48. The quantitative estimate of drug-likeness (QED) is 0.914. The van der Waals surface area contributed by atoms with Crippen LogP contribution in [0.25, 0.3) is 0 Å². The van der Waals surface area contributed by atoms with Gasteiger partial charge in [-0.15, -0.1) is 0 Å². The highest BCUT2D eigenvalue weighted by atomic mass is 79.9. The highest BCUT2D eigenvalue weighted by Crippen LogP contribution is 2.15. The Hall–Kier alpha value is -1.16. The molecular weight excluding hydrogens is 258 g/mol. The normalized spacial score (nSPS) is 9.73. The van der Waals surface area contributed by atoms with E-state index in [-0.39, 0.29) is 18.1 Å². The zero-order valence-electron chi connectivity index (χ0n) is 8.42. The minimum absolute atomic E-state index is 0.0272. The van der Waals surface area contributed by atoms with Crippen LogP contribution < -0.4 is 5.32 Å². The average molecular weight is 270 g/mol. The van der Waals surface area contributed by atoms with E-state index in [1.54, 1.807) is 6.07 Å². The summed E-state index contributed by atoms with van der Waals surface area (Å²) in [7, 11) is 0. The van der Waals surface area contributed by atoms with Crippen molar-refractivity contribution < 1.29 is 9.59 Å². The van der Waals surface area contributed by atoms with Crippen LogP contribution in [0.4, 0.5) is 5.69 Å². The lowest BCUT2D eigenvalue weighted by molar-refractivity contribution is -0.121. The number of rotatable bonds is 4. The maximum absolute atomic E-state index is 11.3. The largest absolute Gasteiger partial charge is 0.326 e. The summed E-state index contributed by atoms with van der Waals surface area (Å²) in [5, 5.41) is 2.72. The van der Waals surface area contributed by atoms with E-state index in [0.717, 1.165) is 10.2 Å². The number of anilines is 1. The molecule has 0 aliphatic carbocycles. The summed E-state index contributed by atoms with van der Waals surface area (Å²) in [6.45, 7) is 1.48. The molecule has 1 amide bonds. The van der Waals surface area contributed by atoms with Crippen molar-refractivity contribution in [2.75, 3.05) is 5.32 Å². The molecule has 0 aromatic heterocycles. The number of nitrogens with one attached hydrogen (secondary N) is 1. The molecule has 0 aliphatic rings. The predicted octanol–water partition coefficient (Wildman–Crippen LogP) is 2.76. The predicted molar refractivity (Wildman–Crippen MR) is 62.7 cm³/mol. The zero-order chi connectivity index (χ0) is 11.3. The number of benzene rings is 1. The fourth-order valence-corrected chi connectivity index (χ4v) is 1.48. The number of hydrogen-bond acceptors (Lipinski definition) is 2. The minimum atomic E-state index is -0.136. The molecule has 1 aromatic rings. The molecule has 0 spiro atoms. The summed E-state index contributed by atoms with van der Waals surface area (Å²) in [5.74, 6) is -0.109. The highest BCUT2D eigenvalue weighted by molar-refractivity contribution is 9.10. The fraction of sp³-hybridized carbons (Fsp3) is 0.273. The Labute approximate surface area is 97.0 Å². The first kappa shape index (κ1) is 11.9. The van der Waals surface area contributed by atoms with Gasteiger partial charge >= 0.3 is 0 Å². The third kappa shape index (κ3) is 4.74. The molecule has 0 bridgehead atoms. The van der Waals surface area contributed by atoms with Gasteiger partial charge in [0.2, 0.25) is 5.91 Å². The molecule has 0 fully saturated rings. The summed E-state index contributed by atoms with van der Waals surface area (Å²) in [5.41, 5.74) is 0.734. The fourth-order valence-electron chi connectivity index (χ4n) is 1.08. The van der Waals surface area contributed by atoms with Gasteiger partial charge in [-0.2, -0.15) is 0 Å². The van der Waals surface area contributed by atoms with Gasteiger partial charge in [0, 0.05) is 23.0 Å². The van der Waals surface area contributed by atoms with E-state index in [2.05, 4.69) is 21.2 Å². The summed E-state index contributed by atoms with van der Waals surface area (Å²) in [6, 6.07) is 7.33. The third-order valence-corrected chi connectivity index (χ3v) is 2.31. The van der Waals surface area contributed by atoms with E-state index in [1.807, 2.05) is 18.2 Å². The Bertz CT molecular complexity index is 377. The van der Waals surface area contributed by atoms with Gasteiger partial charge in [-0.25, -0.2) is 0 Å². The Kier molecular flexibility index (Phi) is 4.49. The third-order valence-electron chi connectivity index (χ3n) is 1.81. The molecule has 1 rings (SSSR count). The zero-order valence-corrected chi connectivity index (χ0v) is 10.0. The second-order valence-electron chi connectivity index (χ2n) is 3.26. The van der Waals surface area contributed by atoms with Gasteiger partial charge in [-0.3, -0.25) is 4.79 Å². The van der Waals surface area contributed by atoms with E-state index < -0.39 is 0 Å². The van der Waals surface area contributed by atoms with E-state index in [4.69, 9.17) is 0 Å². The molecule has 1 N–H and O–H groups in total. The van der Waals surface area contributed by atoms with Crippen molar-refractivity contribution in [1.29, 1.82) is 0 Å². The SMILES string of the molecule is CC(=O)CCC(=O)Nc1cccc(Br)c1. The summed E-state index contributed by atoms with van der Waals surface area (Å²) in [4.78, 5) is 22.0. The van der Waals surface area contributed by atoms with E-state index in [0.29, 0.717) is 6.42 Å². The van der Waals surface area contributed by atoms with Crippen LogP contribution in [0.2, 0.25) is 0 Å². The van der Waals surface area contributed by atoms with Crippen molar-refractivity contribution in [1.82, 2.24) is 0 Å². The van der Waals surface area contributed by atoms with Gasteiger partial charge in [0.25, 0.3) is 0 Å². The van der Waals surface area contributed by atoms with E-state index >= 15 is 0 Å². The molecule has 0 heterocycles. The van der Waals surface area contributed by atoms with Gasteiger partial charge in [-0.1, -0.05) is 22.0 Å². The van der Waals surface area contributed by atoms with Gasteiger partial charge < -0.3 is 10.1 Å². The number of carbonyl (C=O) groups is 2. The van der Waals surface area contributed by atoms with Crippen LogP contribution in [0.3, 0.4) is 0 Å². The first-order valence-corrected chi connectivity index (χ1v) is 5.42. The molecule has 0 atom stereocenters. The maximum Gasteiger partial charge on any atom is 0.224 e. The van der Waals surface area contributed by atoms with Crippen molar-refractivity contribution in [3.05, 3.63) is 28.7 Å². The number of halogens is 1. The molecule has 0 saturated carbocycles. The van der Waals surface area contributed by atoms with Crippen molar-refractivity contribution in [2.24, 2.45) is 0 Å². The average Bonchev–Trinajstić information content (AvgIpc) is 2.15. The minimum Gasteiger partial charge on any atom is -0.326 e. The van der Waals surface area contributed by atoms with E-state index in [1.165, 1.54) is 6.92 Å². The van der Waals surface area contributed by atoms with Gasteiger partial charge in [-0.05, 0) is 25.1 Å². The molecule has 3 nitrogen and oxygen atoms in total. The number of ketones is 1. The molecule has 0 aliphatic heterocycles. The van der Waals surface area contributed by atoms with Crippen molar-refractivity contribution in [3.63, 3.8) is 0 Å². The number of hydrogen-bond donors (Lipinski definition) is 1. The monoisotopic (exact) mass is 269 g/mol. The van der Waals surface area contributed by atoms with Crippen LogP contribution in [-0.4, -0.2) is 11.7 Å². The second kappa shape index (κ2) is 5.66. The molecular formula is C11H12BrNO2. The van der Waals surface area contributed by atoms with Gasteiger partial charge in [0.15, 0.2) is 0 Å². The first-order valence-electron chi connectivity index (χ1n) is 4.63. The van der Waals surface area contributed by atoms with Crippen LogP contribution >= 0.6 is 15.9 Å². The summed E-state index contributed by atoms with van der Waals surface area (Å²) < 4.78 is 0.909. The molecule has 0 saturated heterocycles. The Morgan fingerprint density at radius 3 is 2.67 bits per heavy atom. The number of Topliss-reactive ketones (excluding diaryl/α,β-unsaturated/α-hetero) is 1. The summed E-state index contributed by atoms with van der Waals surface area (Å²) in [6.07, 6.45) is 0.529. The van der Waals surface area contributed by atoms with Crippen molar-refractivity contribution in [3.8, 4) is 0 Å². The Morgan fingerprint density at radius 2 is 2.07 bits per heavy atom. The topological polar surface area (TPSA) is 46.2 Å². The highest BCUT2D eigenvalue weighted by Gasteiger charge is 2.03. The molecule has 15 heavy (non-hydrogen) atoms. The van der Waals surface area contributed by atoms with Crippen LogP contribution in [0.5, 0.6) is 0 Å². The smallest absolute Gasteiger partial charge is 0.224 e. The van der Waals surface area contributed by atoms with E-state index in [9.17, 15) is 9.59 Å². The molecule has 4 heteroatoms. The van der Waals surface area contributed by atoms with Crippen molar-refractivity contribution >= 4 is 33.3 Å². The molecule has 0 unspecified atom stereocenters. The lowest BCUT2D eigenvalue weighted by Gasteiger charge is -2.04. The maximum atomic E-state index is 11.3. The summed E-state index contributed by atoms with van der Waals surface area (Å²) >= 11 is 3.31. The second-order valence-corrected chi connectivity index (χ2v) is 4.18. The molecule has 1 aromatic carbocycles. The Morgan fingerprint density at radius 1 is 1.33 bits per heavy atom. The van der Waals surface area contributed by atoms with Crippen LogP contribution in [0, 0.1) is 0 Å². The molecule has 0 radical (unpaired) electrons. The van der Waals surface area contributed by atoms with Crippen LogP contribution in [0.15, 0.2) is 28.7 Å². The van der Waals surface area contributed by atoms with Gasteiger partial charge in [0.05, 0.1) is 0 Å². The number of carbonyl (C=O) groups excluding carboxylic acids is 2. The standard InChI is InChI=1S/C11H12BrNO2/c1-8(14)5-6-11(15)13-10-4-2-3-9(12)7-10/h2-4,7H,5-6H2,1H3,(H,13,15). The lowest BCUT2D eigenvalue weighted by atomic mass is 10.2. The first-order chi connectivity index (χ1) is 7.08. The van der Waals surface area contributed by atoms with Crippen LogP contribution in [0.1, 0.15) is 19.8 Å². The van der Waals surface area contributed by atoms with Crippen LogP contribution in [-0.2, 0) is 9.59 Å². The number of amides is 1. The molecule has 80 valence electrons. The van der Waals surface area contributed by atoms with Crippen molar-refractivity contribution in [2.45, 2.75) is 19.8 Å².